The normalized spacial score (nSPS) is 10.7. The molecule has 162 valence electrons. The number of thioether (sulfide) groups is 1. The van der Waals surface area contributed by atoms with E-state index in [1.165, 1.54) is 11.8 Å². The van der Waals surface area contributed by atoms with E-state index < -0.39 is 0 Å². The van der Waals surface area contributed by atoms with E-state index in [1.807, 2.05) is 53.1 Å². The number of para-hydroxylation sites is 2. The molecule has 0 amide bonds. The first-order valence-electron chi connectivity index (χ1n) is 9.76. The highest BCUT2D eigenvalue weighted by molar-refractivity contribution is 7.99. The summed E-state index contributed by atoms with van der Waals surface area (Å²) in [5.41, 5.74) is 2.15. The van der Waals surface area contributed by atoms with E-state index in [4.69, 9.17) is 21.1 Å². The van der Waals surface area contributed by atoms with Gasteiger partial charge < -0.3 is 9.47 Å². The van der Waals surface area contributed by atoms with Crippen molar-refractivity contribution >= 4 is 29.1 Å². The molecule has 0 saturated carbocycles. The fraction of sp³-hybridized carbons (Fsp3) is 0.125. The zero-order valence-electron chi connectivity index (χ0n) is 17.5. The average molecular weight is 466 g/mol. The third-order valence-corrected chi connectivity index (χ3v) is 5.99. The molecule has 3 aromatic carbocycles. The minimum Gasteiger partial charge on any atom is -0.496 e. The van der Waals surface area contributed by atoms with Gasteiger partial charge in [-0.25, -0.2) is 0 Å². The molecule has 0 aliphatic heterocycles. The van der Waals surface area contributed by atoms with E-state index in [0.29, 0.717) is 33.1 Å². The molecule has 0 atom stereocenters. The van der Waals surface area contributed by atoms with Gasteiger partial charge in [-0.05, 0) is 48.5 Å². The third-order valence-electron chi connectivity index (χ3n) is 4.81. The average Bonchev–Trinajstić information content (AvgIpc) is 3.26. The number of rotatable bonds is 8. The Morgan fingerprint density at radius 2 is 1.56 bits per heavy atom. The Morgan fingerprint density at radius 3 is 2.28 bits per heavy atom. The van der Waals surface area contributed by atoms with Gasteiger partial charge in [0, 0.05) is 10.7 Å². The fourth-order valence-electron chi connectivity index (χ4n) is 3.27. The first kappa shape index (κ1) is 21.9. The molecule has 0 unspecified atom stereocenters. The molecule has 32 heavy (non-hydrogen) atoms. The van der Waals surface area contributed by atoms with Crippen LogP contribution in [0.1, 0.15) is 10.4 Å². The minimum atomic E-state index is -0.0584. The van der Waals surface area contributed by atoms with Crippen LogP contribution >= 0.6 is 23.4 Å². The van der Waals surface area contributed by atoms with E-state index in [2.05, 4.69) is 10.2 Å². The van der Waals surface area contributed by atoms with Gasteiger partial charge in [-0.1, -0.05) is 47.6 Å². The first-order chi connectivity index (χ1) is 15.6. The topological polar surface area (TPSA) is 66.2 Å². The lowest BCUT2D eigenvalue weighted by Crippen LogP contribution is -2.06. The molecule has 8 heteroatoms. The highest BCUT2D eigenvalue weighted by Gasteiger charge is 2.20. The SMILES string of the molecule is COc1ccccc1C(=O)CSc1nnc(-c2ccccc2OC)n1-c1ccc(Cl)cc1. The predicted molar refractivity (Wildman–Crippen MR) is 126 cm³/mol. The van der Waals surface area contributed by atoms with Gasteiger partial charge in [-0.15, -0.1) is 10.2 Å². The van der Waals surface area contributed by atoms with Gasteiger partial charge in [0.15, 0.2) is 16.8 Å². The Labute approximate surface area is 195 Å². The van der Waals surface area contributed by atoms with Gasteiger partial charge in [0.05, 0.1) is 31.1 Å². The van der Waals surface area contributed by atoms with Crippen LogP contribution in [-0.4, -0.2) is 40.5 Å². The van der Waals surface area contributed by atoms with Crippen molar-refractivity contribution in [1.82, 2.24) is 14.8 Å². The minimum absolute atomic E-state index is 0.0584. The van der Waals surface area contributed by atoms with Crippen molar-refractivity contribution in [3.05, 3.63) is 83.4 Å². The van der Waals surface area contributed by atoms with Crippen LogP contribution in [0.25, 0.3) is 17.1 Å². The number of carbonyl (C=O) groups is 1. The van der Waals surface area contributed by atoms with Crippen molar-refractivity contribution in [2.45, 2.75) is 5.16 Å². The summed E-state index contributed by atoms with van der Waals surface area (Å²) in [6.07, 6.45) is 0. The van der Waals surface area contributed by atoms with E-state index in [-0.39, 0.29) is 11.5 Å². The second-order valence-corrected chi connectivity index (χ2v) is 8.11. The van der Waals surface area contributed by atoms with Crippen LogP contribution in [-0.2, 0) is 0 Å². The summed E-state index contributed by atoms with van der Waals surface area (Å²) in [7, 11) is 3.17. The van der Waals surface area contributed by atoms with Gasteiger partial charge in [0.25, 0.3) is 0 Å². The van der Waals surface area contributed by atoms with E-state index in [9.17, 15) is 4.79 Å². The summed E-state index contributed by atoms with van der Waals surface area (Å²) in [6.45, 7) is 0. The zero-order chi connectivity index (χ0) is 22.5. The summed E-state index contributed by atoms with van der Waals surface area (Å²) in [4.78, 5) is 12.9. The summed E-state index contributed by atoms with van der Waals surface area (Å²) in [6, 6.07) is 22.2. The summed E-state index contributed by atoms with van der Waals surface area (Å²) >= 11 is 7.40. The van der Waals surface area contributed by atoms with Crippen LogP contribution in [0.5, 0.6) is 11.5 Å². The van der Waals surface area contributed by atoms with E-state index >= 15 is 0 Å². The number of halogens is 1. The van der Waals surface area contributed by atoms with Gasteiger partial charge in [0.1, 0.15) is 11.5 Å². The summed E-state index contributed by atoms with van der Waals surface area (Å²) in [5.74, 6) is 1.95. The largest absolute Gasteiger partial charge is 0.496 e. The summed E-state index contributed by atoms with van der Waals surface area (Å²) < 4.78 is 12.7. The van der Waals surface area contributed by atoms with Crippen molar-refractivity contribution in [2.75, 3.05) is 20.0 Å². The quantitative estimate of drug-likeness (QED) is 0.250. The second-order valence-electron chi connectivity index (χ2n) is 6.73. The van der Waals surface area contributed by atoms with Crippen molar-refractivity contribution < 1.29 is 14.3 Å². The molecule has 0 N–H and O–H groups in total. The molecule has 0 spiro atoms. The number of ether oxygens (including phenoxy) is 2. The van der Waals surface area contributed by atoms with Gasteiger partial charge in [-0.2, -0.15) is 0 Å². The molecule has 6 nitrogen and oxygen atoms in total. The monoisotopic (exact) mass is 465 g/mol. The number of hydrogen-bond donors (Lipinski definition) is 0. The van der Waals surface area contributed by atoms with Crippen LogP contribution in [0.4, 0.5) is 0 Å². The molecule has 0 bridgehead atoms. The lowest BCUT2D eigenvalue weighted by atomic mass is 10.1. The van der Waals surface area contributed by atoms with Gasteiger partial charge >= 0.3 is 0 Å². The molecule has 4 aromatic rings. The Kier molecular flexibility index (Phi) is 6.78. The van der Waals surface area contributed by atoms with Gasteiger partial charge in [0.2, 0.25) is 0 Å². The maximum Gasteiger partial charge on any atom is 0.196 e. The smallest absolute Gasteiger partial charge is 0.196 e. The molecular weight excluding hydrogens is 446 g/mol. The Morgan fingerprint density at radius 1 is 0.906 bits per heavy atom. The molecule has 1 heterocycles. The second kappa shape index (κ2) is 9.89. The van der Waals surface area contributed by atoms with Crippen molar-refractivity contribution in [2.24, 2.45) is 0 Å². The Bertz CT molecular complexity index is 1240. The highest BCUT2D eigenvalue weighted by Crippen LogP contribution is 2.34. The number of aromatic nitrogens is 3. The molecule has 4 rings (SSSR count). The maximum atomic E-state index is 12.9. The first-order valence-corrected chi connectivity index (χ1v) is 11.1. The van der Waals surface area contributed by atoms with Crippen molar-refractivity contribution in [3.8, 4) is 28.6 Å². The third kappa shape index (κ3) is 4.49. The molecule has 1 aromatic heterocycles. The van der Waals surface area contributed by atoms with Crippen molar-refractivity contribution in [1.29, 1.82) is 0 Å². The standard InChI is InChI=1S/C24H20ClN3O3S/c1-30-21-9-5-3-7-18(21)20(29)15-32-24-27-26-23(19-8-4-6-10-22(19)31-2)28(24)17-13-11-16(25)12-14-17/h3-14H,15H2,1-2H3. The molecule has 0 aliphatic carbocycles. The number of methoxy groups -OCH3 is 2. The van der Waals surface area contributed by atoms with Crippen molar-refractivity contribution in [3.63, 3.8) is 0 Å². The van der Waals surface area contributed by atoms with Gasteiger partial charge in [-0.3, -0.25) is 9.36 Å². The number of Topliss-reactive ketones (excluding diaryl/α,β-unsaturated/α-hetero) is 1. The van der Waals surface area contributed by atoms with Crippen LogP contribution < -0.4 is 9.47 Å². The number of nitrogens with zero attached hydrogens (tertiary/aromatic N) is 3. The number of carbonyl (C=O) groups excluding carboxylic acids is 1. The van der Waals surface area contributed by atoms with E-state index in [0.717, 1.165) is 11.3 Å². The molecular formula is C24H20ClN3O3S. The maximum absolute atomic E-state index is 12.9. The molecule has 0 fully saturated rings. The lowest BCUT2D eigenvalue weighted by molar-refractivity contribution is 0.101. The molecule has 0 aliphatic rings. The van der Waals surface area contributed by atoms with Crippen LogP contribution in [0.2, 0.25) is 5.02 Å². The number of hydrogen-bond acceptors (Lipinski definition) is 6. The van der Waals surface area contributed by atoms with E-state index in [1.54, 1.807) is 38.5 Å². The highest BCUT2D eigenvalue weighted by atomic mass is 35.5. The van der Waals surface area contributed by atoms with Crippen LogP contribution in [0.3, 0.4) is 0 Å². The fourth-order valence-corrected chi connectivity index (χ4v) is 4.23. The number of benzene rings is 3. The lowest BCUT2D eigenvalue weighted by Gasteiger charge is -2.12. The zero-order valence-corrected chi connectivity index (χ0v) is 19.1. The summed E-state index contributed by atoms with van der Waals surface area (Å²) in [5, 5.41) is 10.0. The molecule has 0 radical (unpaired) electrons. The Balaban J connectivity index is 1.72. The van der Waals surface area contributed by atoms with Crippen LogP contribution in [0, 0.1) is 0 Å². The predicted octanol–water partition coefficient (Wildman–Crippen LogP) is 5.58. The van der Waals surface area contributed by atoms with Crippen LogP contribution in [0.15, 0.2) is 78.0 Å². The number of ketones is 1. The Hall–Kier alpha value is -3.29. The molecule has 0 saturated heterocycles.